The minimum atomic E-state index is -4.45. The third kappa shape index (κ3) is 4.74. The molecule has 1 aliphatic rings. The van der Waals surface area contributed by atoms with E-state index in [1.807, 2.05) is 12.2 Å². The Morgan fingerprint density at radius 1 is 1.27 bits per heavy atom. The number of rotatable bonds is 5. The molecular formula is C16H20F3NO2. The van der Waals surface area contributed by atoms with Crippen LogP contribution in [0.15, 0.2) is 30.4 Å². The Kier molecular flexibility index (Phi) is 5.47. The third-order valence-corrected chi connectivity index (χ3v) is 3.14. The highest BCUT2D eigenvalue weighted by molar-refractivity contribution is 5.39. The maximum Gasteiger partial charge on any atom is 0.419 e. The van der Waals surface area contributed by atoms with Gasteiger partial charge in [-0.3, -0.25) is 5.32 Å². The van der Waals surface area contributed by atoms with E-state index in [1.54, 1.807) is 19.9 Å². The lowest BCUT2D eigenvalue weighted by molar-refractivity contribution is -0.139. The van der Waals surface area contributed by atoms with Gasteiger partial charge in [-0.25, -0.2) is 0 Å². The molecule has 0 aliphatic carbocycles. The van der Waals surface area contributed by atoms with E-state index in [2.05, 4.69) is 5.32 Å². The largest absolute Gasteiger partial charge is 0.490 e. The van der Waals surface area contributed by atoms with Crippen molar-refractivity contribution in [2.75, 3.05) is 6.54 Å². The number of alkyl halides is 3. The van der Waals surface area contributed by atoms with Crippen LogP contribution in [-0.2, 0) is 17.5 Å². The lowest BCUT2D eigenvalue weighted by Gasteiger charge is -2.21. The van der Waals surface area contributed by atoms with E-state index in [0.29, 0.717) is 18.5 Å². The van der Waals surface area contributed by atoms with Crippen LogP contribution in [0.5, 0.6) is 5.75 Å². The molecule has 0 bridgehead atoms. The molecule has 1 N–H and O–H groups in total. The molecule has 1 aromatic carbocycles. The first-order valence-corrected chi connectivity index (χ1v) is 7.23. The van der Waals surface area contributed by atoms with Gasteiger partial charge < -0.3 is 9.47 Å². The van der Waals surface area contributed by atoms with E-state index in [9.17, 15) is 13.2 Å². The lowest BCUT2D eigenvalue weighted by Crippen LogP contribution is -2.33. The highest BCUT2D eigenvalue weighted by Gasteiger charge is 2.35. The average Bonchev–Trinajstić information content (AvgIpc) is 2.45. The predicted molar refractivity (Wildman–Crippen MR) is 77.5 cm³/mol. The molecule has 122 valence electrons. The molecule has 0 amide bonds. The van der Waals surface area contributed by atoms with Gasteiger partial charge >= 0.3 is 6.18 Å². The number of halogens is 3. The normalized spacial score (nSPS) is 18.7. The van der Waals surface area contributed by atoms with E-state index in [0.717, 1.165) is 6.07 Å². The topological polar surface area (TPSA) is 30.5 Å². The highest BCUT2D eigenvalue weighted by Crippen LogP contribution is 2.37. The van der Waals surface area contributed by atoms with E-state index in [1.165, 1.54) is 6.07 Å². The Balaban J connectivity index is 2.10. The van der Waals surface area contributed by atoms with Crippen LogP contribution in [0.1, 0.15) is 31.4 Å². The molecule has 1 aromatic rings. The predicted octanol–water partition coefficient (Wildman–Crippen LogP) is 3.88. The first kappa shape index (κ1) is 16.8. The molecule has 1 heterocycles. The van der Waals surface area contributed by atoms with Crippen LogP contribution < -0.4 is 10.1 Å². The molecule has 1 aliphatic heterocycles. The number of ether oxygens (including phenoxy) is 2. The summed E-state index contributed by atoms with van der Waals surface area (Å²) in [4.78, 5) is 0. The second kappa shape index (κ2) is 7.15. The molecule has 0 aromatic heterocycles. The summed E-state index contributed by atoms with van der Waals surface area (Å²) in [6.07, 6.45) is -0.249. The number of nitrogens with one attached hydrogen (secondary N) is 1. The smallest absolute Gasteiger partial charge is 0.419 e. The van der Waals surface area contributed by atoms with Crippen LogP contribution in [-0.4, -0.2) is 18.9 Å². The van der Waals surface area contributed by atoms with Gasteiger partial charge in [0.25, 0.3) is 0 Å². The summed E-state index contributed by atoms with van der Waals surface area (Å²) in [5.74, 6) is -0.148. The zero-order chi connectivity index (χ0) is 16.2. The number of benzene rings is 1. The minimum Gasteiger partial charge on any atom is -0.490 e. The van der Waals surface area contributed by atoms with Gasteiger partial charge in [-0.1, -0.05) is 18.2 Å². The van der Waals surface area contributed by atoms with E-state index in [-0.39, 0.29) is 24.7 Å². The molecule has 1 atom stereocenters. The summed E-state index contributed by atoms with van der Waals surface area (Å²) in [5.41, 5.74) is -0.293. The first-order chi connectivity index (χ1) is 10.4. The fraction of sp³-hybridized carbons (Fsp3) is 0.500. The van der Waals surface area contributed by atoms with Crippen LogP contribution in [0.25, 0.3) is 0 Å². The van der Waals surface area contributed by atoms with Crippen LogP contribution in [0, 0.1) is 0 Å². The van der Waals surface area contributed by atoms with Crippen molar-refractivity contribution in [2.45, 2.75) is 45.4 Å². The molecule has 0 saturated carbocycles. The summed E-state index contributed by atoms with van der Waals surface area (Å²) in [5, 5.41) is 3.12. The third-order valence-electron chi connectivity index (χ3n) is 3.14. The molecule has 1 unspecified atom stereocenters. The molecule has 22 heavy (non-hydrogen) atoms. The van der Waals surface area contributed by atoms with Crippen molar-refractivity contribution in [3.8, 4) is 5.75 Å². The Hall–Kier alpha value is -1.53. The molecule has 3 nitrogen and oxygen atoms in total. The second-order valence-corrected chi connectivity index (χ2v) is 5.41. The lowest BCUT2D eigenvalue weighted by atomic mass is 10.1. The Bertz CT molecular complexity index is 527. The van der Waals surface area contributed by atoms with Gasteiger partial charge in [0.05, 0.1) is 18.3 Å². The highest BCUT2D eigenvalue weighted by atomic mass is 19.4. The van der Waals surface area contributed by atoms with Gasteiger partial charge in [0, 0.05) is 13.0 Å². The van der Waals surface area contributed by atoms with Crippen LogP contribution >= 0.6 is 0 Å². The zero-order valence-electron chi connectivity index (χ0n) is 12.6. The van der Waals surface area contributed by atoms with Crippen molar-refractivity contribution in [1.29, 1.82) is 0 Å². The Morgan fingerprint density at radius 2 is 2.05 bits per heavy atom. The van der Waals surface area contributed by atoms with E-state index < -0.39 is 11.7 Å². The molecule has 2 rings (SSSR count). The number of hydrogen-bond donors (Lipinski definition) is 1. The monoisotopic (exact) mass is 315 g/mol. The first-order valence-electron chi connectivity index (χ1n) is 7.23. The van der Waals surface area contributed by atoms with Crippen LogP contribution in [0.2, 0.25) is 0 Å². The Morgan fingerprint density at radius 3 is 2.64 bits per heavy atom. The molecule has 0 spiro atoms. The molecular weight excluding hydrogens is 295 g/mol. The van der Waals surface area contributed by atoms with E-state index >= 15 is 0 Å². The van der Waals surface area contributed by atoms with Gasteiger partial charge in [0.1, 0.15) is 12.0 Å². The van der Waals surface area contributed by atoms with Crippen LogP contribution in [0.3, 0.4) is 0 Å². The molecule has 6 heteroatoms. The van der Waals surface area contributed by atoms with Crippen molar-refractivity contribution >= 4 is 0 Å². The quantitative estimate of drug-likeness (QED) is 0.836. The summed E-state index contributed by atoms with van der Waals surface area (Å²) >= 11 is 0. The van der Waals surface area contributed by atoms with Crippen molar-refractivity contribution in [3.63, 3.8) is 0 Å². The summed E-state index contributed by atoms with van der Waals surface area (Å²) in [7, 11) is 0. The SMILES string of the molecule is CC(C)Oc1ccc(COC2CC=CCN2)cc1C(F)(F)F. The van der Waals surface area contributed by atoms with Gasteiger partial charge in [0.15, 0.2) is 0 Å². The maximum absolute atomic E-state index is 13.1. The minimum absolute atomic E-state index is 0.122. The van der Waals surface area contributed by atoms with E-state index in [4.69, 9.17) is 9.47 Å². The Labute approximate surface area is 128 Å². The fourth-order valence-corrected chi connectivity index (χ4v) is 2.15. The summed E-state index contributed by atoms with van der Waals surface area (Å²) in [6, 6.07) is 4.05. The van der Waals surface area contributed by atoms with Gasteiger partial charge in [-0.15, -0.1) is 0 Å². The van der Waals surface area contributed by atoms with Crippen molar-refractivity contribution in [2.24, 2.45) is 0 Å². The van der Waals surface area contributed by atoms with Crippen molar-refractivity contribution in [1.82, 2.24) is 5.32 Å². The van der Waals surface area contributed by atoms with Gasteiger partial charge in [-0.05, 0) is 31.5 Å². The van der Waals surface area contributed by atoms with Gasteiger partial charge in [-0.2, -0.15) is 13.2 Å². The fourth-order valence-electron chi connectivity index (χ4n) is 2.15. The molecule has 0 saturated heterocycles. The van der Waals surface area contributed by atoms with Crippen LogP contribution in [0.4, 0.5) is 13.2 Å². The molecule has 0 radical (unpaired) electrons. The average molecular weight is 315 g/mol. The second-order valence-electron chi connectivity index (χ2n) is 5.41. The molecule has 0 fully saturated rings. The zero-order valence-corrected chi connectivity index (χ0v) is 12.6. The number of hydrogen-bond acceptors (Lipinski definition) is 3. The van der Waals surface area contributed by atoms with Gasteiger partial charge in [0.2, 0.25) is 0 Å². The summed E-state index contributed by atoms with van der Waals surface area (Å²) in [6.45, 7) is 4.22. The van der Waals surface area contributed by atoms with Crippen molar-refractivity contribution < 1.29 is 22.6 Å². The maximum atomic E-state index is 13.1. The summed E-state index contributed by atoms with van der Waals surface area (Å²) < 4.78 is 50.2. The standard InChI is InChI=1S/C16H20F3NO2/c1-11(2)22-14-7-6-12(9-13(14)16(17,18)19)10-21-15-5-3-4-8-20-15/h3-4,6-7,9,11,15,20H,5,8,10H2,1-2H3. The van der Waals surface area contributed by atoms with Crippen molar-refractivity contribution in [3.05, 3.63) is 41.5 Å².